The normalized spacial score (nSPS) is 12.7. The minimum absolute atomic E-state index is 0.0386. The molecule has 0 aliphatic rings. The number of benzene rings is 1. The molecule has 0 heterocycles. The van der Waals surface area contributed by atoms with Gasteiger partial charge in [0.2, 0.25) is 0 Å². The zero-order chi connectivity index (χ0) is 16.6. The summed E-state index contributed by atoms with van der Waals surface area (Å²) in [6, 6.07) is 7.39. The molecule has 1 rings (SSSR count). The van der Waals surface area contributed by atoms with Gasteiger partial charge in [-0.1, -0.05) is 24.3 Å². The Morgan fingerprint density at radius 2 is 1.64 bits per heavy atom. The molecular formula is C16H26N2O3S. The Morgan fingerprint density at radius 1 is 1.09 bits per heavy atom. The van der Waals surface area contributed by atoms with Crippen molar-refractivity contribution in [1.82, 2.24) is 10.6 Å². The van der Waals surface area contributed by atoms with Gasteiger partial charge in [0, 0.05) is 34.4 Å². The van der Waals surface area contributed by atoms with E-state index in [1.165, 1.54) is 0 Å². The Balaban J connectivity index is 2.19. The number of hydrogen-bond acceptors (Lipinski definition) is 3. The van der Waals surface area contributed by atoms with Crippen molar-refractivity contribution in [2.45, 2.75) is 38.5 Å². The summed E-state index contributed by atoms with van der Waals surface area (Å²) in [5.74, 6) is 0.458. The van der Waals surface area contributed by atoms with Gasteiger partial charge in [-0.05, 0) is 38.3 Å². The van der Waals surface area contributed by atoms with Gasteiger partial charge in [0.05, 0.1) is 6.61 Å². The van der Waals surface area contributed by atoms with E-state index < -0.39 is 10.8 Å². The number of aliphatic hydroxyl groups is 1. The highest BCUT2D eigenvalue weighted by molar-refractivity contribution is 7.86. The van der Waals surface area contributed by atoms with Crippen LogP contribution in [0.5, 0.6) is 0 Å². The predicted molar refractivity (Wildman–Crippen MR) is 90.2 cm³/mol. The van der Waals surface area contributed by atoms with Crippen LogP contribution < -0.4 is 10.6 Å². The van der Waals surface area contributed by atoms with E-state index in [1.807, 2.05) is 45.0 Å². The highest BCUT2D eigenvalue weighted by Crippen LogP contribution is 2.10. The van der Waals surface area contributed by atoms with E-state index in [-0.39, 0.29) is 17.4 Å². The standard InChI is InChI=1S/C16H26N2O3S/c1-16(2,3)22(21)11-10-18-15(20)17-9-8-13-4-6-14(12-19)7-5-13/h4-7,19H,8-12H2,1-3H3,(H2,17,18,20). The van der Waals surface area contributed by atoms with Crippen LogP contribution in [-0.2, 0) is 23.8 Å². The van der Waals surface area contributed by atoms with E-state index >= 15 is 0 Å². The lowest BCUT2D eigenvalue weighted by molar-refractivity contribution is 0.241. The summed E-state index contributed by atoms with van der Waals surface area (Å²) in [5, 5.41) is 14.4. The Morgan fingerprint density at radius 3 is 2.18 bits per heavy atom. The van der Waals surface area contributed by atoms with Gasteiger partial charge in [0.1, 0.15) is 0 Å². The zero-order valence-corrected chi connectivity index (χ0v) is 14.3. The van der Waals surface area contributed by atoms with Crippen LogP contribution in [0.4, 0.5) is 4.79 Å². The molecule has 124 valence electrons. The van der Waals surface area contributed by atoms with E-state index in [0.717, 1.165) is 17.5 Å². The molecule has 0 fully saturated rings. The average molecular weight is 326 g/mol. The van der Waals surface area contributed by atoms with Crippen molar-refractivity contribution in [2.24, 2.45) is 0 Å². The minimum Gasteiger partial charge on any atom is -0.392 e. The van der Waals surface area contributed by atoms with Crippen LogP contribution in [0.2, 0.25) is 0 Å². The number of rotatable bonds is 7. The zero-order valence-electron chi connectivity index (χ0n) is 13.5. The molecule has 0 aliphatic carbocycles. The molecular weight excluding hydrogens is 300 g/mol. The molecule has 0 saturated heterocycles. The summed E-state index contributed by atoms with van der Waals surface area (Å²) in [5.41, 5.74) is 1.98. The Kier molecular flexibility index (Phi) is 7.55. The van der Waals surface area contributed by atoms with Gasteiger partial charge < -0.3 is 15.7 Å². The van der Waals surface area contributed by atoms with Crippen LogP contribution in [0.15, 0.2) is 24.3 Å². The Bertz CT molecular complexity index is 495. The molecule has 3 N–H and O–H groups in total. The number of hydrogen-bond donors (Lipinski definition) is 3. The van der Waals surface area contributed by atoms with E-state index in [0.29, 0.717) is 18.8 Å². The predicted octanol–water partition coefficient (Wildman–Crippen LogP) is 1.57. The third-order valence-corrected chi connectivity index (χ3v) is 5.10. The summed E-state index contributed by atoms with van der Waals surface area (Å²) in [7, 11) is -0.955. The number of aliphatic hydroxyl groups excluding tert-OH is 1. The number of nitrogens with one attached hydrogen (secondary N) is 2. The molecule has 1 atom stereocenters. The largest absolute Gasteiger partial charge is 0.392 e. The molecule has 0 spiro atoms. The molecule has 0 radical (unpaired) electrons. The van der Waals surface area contributed by atoms with Crippen LogP contribution in [-0.4, -0.2) is 38.9 Å². The molecule has 22 heavy (non-hydrogen) atoms. The molecule has 0 aliphatic heterocycles. The number of carbonyl (C=O) groups excluding carboxylic acids is 1. The van der Waals surface area contributed by atoms with Crippen LogP contribution >= 0.6 is 0 Å². The smallest absolute Gasteiger partial charge is 0.314 e. The lowest BCUT2D eigenvalue weighted by Gasteiger charge is -2.17. The lowest BCUT2D eigenvalue weighted by Crippen LogP contribution is -2.39. The highest BCUT2D eigenvalue weighted by Gasteiger charge is 2.18. The first-order valence-corrected chi connectivity index (χ1v) is 8.73. The van der Waals surface area contributed by atoms with Crippen LogP contribution in [0.25, 0.3) is 0 Å². The molecule has 6 heteroatoms. The Hall–Kier alpha value is -1.40. The molecule has 1 aromatic rings. The number of urea groups is 1. The van der Waals surface area contributed by atoms with Crippen molar-refractivity contribution in [3.8, 4) is 0 Å². The third-order valence-electron chi connectivity index (χ3n) is 3.16. The Labute approximate surface area is 135 Å². The highest BCUT2D eigenvalue weighted by atomic mass is 32.2. The maximum atomic E-state index is 11.8. The fraction of sp³-hybridized carbons (Fsp3) is 0.562. The summed E-state index contributed by atoms with van der Waals surface area (Å²) < 4.78 is 11.6. The molecule has 0 saturated carbocycles. The quantitative estimate of drug-likeness (QED) is 0.712. The van der Waals surface area contributed by atoms with E-state index in [9.17, 15) is 9.00 Å². The van der Waals surface area contributed by atoms with Crippen molar-refractivity contribution in [2.75, 3.05) is 18.8 Å². The molecule has 0 aromatic heterocycles. The van der Waals surface area contributed by atoms with Crippen molar-refractivity contribution in [3.63, 3.8) is 0 Å². The van der Waals surface area contributed by atoms with Gasteiger partial charge in [-0.15, -0.1) is 0 Å². The minimum atomic E-state index is -0.955. The fourth-order valence-corrected chi connectivity index (χ4v) is 2.66. The fourth-order valence-electron chi connectivity index (χ4n) is 1.76. The summed E-state index contributed by atoms with van der Waals surface area (Å²) in [6.45, 7) is 6.74. The maximum Gasteiger partial charge on any atom is 0.314 e. The first kappa shape index (κ1) is 18.6. The van der Waals surface area contributed by atoms with Crippen LogP contribution in [0, 0.1) is 0 Å². The van der Waals surface area contributed by atoms with Gasteiger partial charge in [-0.3, -0.25) is 4.21 Å². The summed E-state index contributed by atoms with van der Waals surface area (Å²) in [4.78, 5) is 11.6. The topological polar surface area (TPSA) is 78.4 Å². The molecule has 0 bridgehead atoms. The van der Waals surface area contributed by atoms with E-state index in [1.54, 1.807) is 0 Å². The second-order valence-electron chi connectivity index (χ2n) is 6.07. The maximum absolute atomic E-state index is 11.8. The average Bonchev–Trinajstić information content (AvgIpc) is 2.47. The SMILES string of the molecule is CC(C)(C)S(=O)CCNC(=O)NCCc1ccc(CO)cc1. The second kappa shape index (κ2) is 8.90. The molecule has 5 nitrogen and oxygen atoms in total. The molecule has 1 unspecified atom stereocenters. The van der Waals surface area contributed by atoms with E-state index in [4.69, 9.17) is 5.11 Å². The van der Waals surface area contributed by atoms with E-state index in [2.05, 4.69) is 10.6 Å². The van der Waals surface area contributed by atoms with Gasteiger partial charge in [-0.25, -0.2) is 4.79 Å². The van der Waals surface area contributed by atoms with Gasteiger partial charge in [0.25, 0.3) is 0 Å². The first-order valence-electron chi connectivity index (χ1n) is 7.42. The van der Waals surface area contributed by atoms with Crippen molar-refractivity contribution < 1.29 is 14.1 Å². The number of carbonyl (C=O) groups is 1. The van der Waals surface area contributed by atoms with Gasteiger partial charge in [-0.2, -0.15) is 0 Å². The first-order chi connectivity index (χ1) is 10.3. The summed E-state index contributed by atoms with van der Waals surface area (Å²) >= 11 is 0. The van der Waals surface area contributed by atoms with Gasteiger partial charge >= 0.3 is 6.03 Å². The summed E-state index contributed by atoms with van der Waals surface area (Å²) in [6.07, 6.45) is 0.729. The van der Waals surface area contributed by atoms with Crippen molar-refractivity contribution >= 4 is 16.8 Å². The van der Waals surface area contributed by atoms with Crippen LogP contribution in [0.3, 0.4) is 0 Å². The molecule has 1 aromatic carbocycles. The van der Waals surface area contributed by atoms with Gasteiger partial charge in [0.15, 0.2) is 0 Å². The monoisotopic (exact) mass is 326 g/mol. The molecule has 2 amide bonds. The lowest BCUT2D eigenvalue weighted by atomic mass is 10.1. The van der Waals surface area contributed by atoms with Crippen LogP contribution in [0.1, 0.15) is 31.9 Å². The number of amides is 2. The third kappa shape index (κ3) is 7.04. The second-order valence-corrected chi connectivity index (χ2v) is 8.39. The van der Waals surface area contributed by atoms with Crippen molar-refractivity contribution in [3.05, 3.63) is 35.4 Å². The van der Waals surface area contributed by atoms with Crippen molar-refractivity contribution in [1.29, 1.82) is 0 Å².